The molecule has 0 bridgehead atoms. The van der Waals surface area contributed by atoms with E-state index in [-0.39, 0.29) is 6.04 Å². The molecule has 2 unspecified atom stereocenters. The highest BCUT2D eigenvalue weighted by molar-refractivity contribution is 5.73. The molecular formula is C15H23NO2. The molecule has 0 fully saturated rings. The maximum Gasteiger partial charge on any atom is 0.320 e. The van der Waals surface area contributed by atoms with E-state index in [2.05, 4.69) is 43.4 Å². The van der Waals surface area contributed by atoms with Crippen molar-refractivity contribution in [3.63, 3.8) is 0 Å². The Morgan fingerprint density at radius 1 is 1.17 bits per heavy atom. The van der Waals surface area contributed by atoms with Crippen molar-refractivity contribution in [3.8, 4) is 0 Å². The number of nitrogens with one attached hydrogen (secondary N) is 1. The molecular weight excluding hydrogens is 226 g/mol. The predicted molar refractivity (Wildman–Crippen MR) is 73.8 cm³/mol. The van der Waals surface area contributed by atoms with Crippen LogP contribution in [0.2, 0.25) is 0 Å². The topological polar surface area (TPSA) is 49.3 Å². The van der Waals surface area contributed by atoms with E-state index in [4.69, 9.17) is 5.11 Å². The predicted octanol–water partition coefficient (Wildman–Crippen LogP) is 3.32. The Balaban J connectivity index is 2.72. The number of carboxylic acid groups (broad SMARTS) is 1. The molecule has 2 atom stereocenters. The Morgan fingerprint density at radius 3 is 2.06 bits per heavy atom. The Morgan fingerprint density at radius 2 is 1.67 bits per heavy atom. The smallest absolute Gasteiger partial charge is 0.320 e. The molecule has 0 heterocycles. The van der Waals surface area contributed by atoms with E-state index in [1.165, 1.54) is 5.56 Å². The van der Waals surface area contributed by atoms with Gasteiger partial charge in [0.2, 0.25) is 0 Å². The second-order valence-electron chi connectivity index (χ2n) is 5.01. The van der Waals surface area contributed by atoms with Gasteiger partial charge in [0.25, 0.3) is 0 Å². The number of hydrogen-bond donors (Lipinski definition) is 2. The lowest BCUT2D eigenvalue weighted by Crippen LogP contribution is -2.37. The molecule has 1 aromatic carbocycles. The van der Waals surface area contributed by atoms with Gasteiger partial charge in [-0.1, -0.05) is 45.0 Å². The van der Waals surface area contributed by atoms with Gasteiger partial charge in [-0.3, -0.25) is 10.1 Å². The van der Waals surface area contributed by atoms with Crippen LogP contribution in [-0.2, 0) is 4.79 Å². The van der Waals surface area contributed by atoms with Crippen LogP contribution in [0.25, 0.3) is 0 Å². The van der Waals surface area contributed by atoms with Crippen LogP contribution in [0.5, 0.6) is 0 Å². The van der Waals surface area contributed by atoms with Crippen molar-refractivity contribution in [2.75, 3.05) is 0 Å². The van der Waals surface area contributed by atoms with Gasteiger partial charge in [0.05, 0.1) is 0 Å². The molecule has 0 aliphatic rings. The fourth-order valence-corrected chi connectivity index (χ4v) is 1.93. The summed E-state index contributed by atoms with van der Waals surface area (Å²) >= 11 is 0. The van der Waals surface area contributed by atoms with Gasteiger partial charge in [0, 0.05) is 6.04 Å². The molecule has 0 radical (unpaired) electrons. The molecule has 100 valence electrons. The second kappa shape index (κ2) is 6.55. The lowest BCUT2D eigenvalue weighted by molar-refractivity contribution is -0.139. The quantitative estimate of drug-likeness (QED) is 0.813. The highest BCUT2D eigenvalue weighted by atomic mass is 16.4. The first kappa shape index (κ1) is 14.7. The van der Waals surface area contributed by atoms with E-state index in [0.29, 0.717) is 12.3 Å². The molecule has 0 amide bonds. The van der Waals surface area contributed by atoms with Gasteiger partial charge in [0.1, 0.15) is 6.04 Å². The normalized spacial score (nSPS) is 14.5. The summed E-state index contributed by atoms with van der Waals surface area (Å²) in [6.45, 7) is 8.19. The minimum Gasteiger partial charge on any atom is -0.480 e. The average molecular weight is 249 g/mol. The van der Waals surface area contributed by atoms with Crippen molar-refractivity contribution in [1.82, 2.24) is 5.32 Å². The van der Waals surface area contributed by atoms with Crippen molar-refractivity contribution < 1.29 is 9.90 Å². The largest absolute Gasteiger partial charge is 0.480 e. The third kappa shape index (κ3) is 3.84. The summed E-state index contributed by atoms with van der Waals surface area (Å²) in [4.78, 5) is 11.0. The second-order valence-corrected chi connectivity index (χ2v) is 5.01. The van der Waals surface area contributed by atoms with Crippen molar-refractivity contribution in [2.45, 2.75) is 52.1 Å². The number of carboxylic acids is 1. The van der Waals surface area contributed by atoms with Crippen LogP contribution in [-0.4, -0.2) is 17.1 Å². The summed E-state index contributed by atoms with van der Waals surface area (Å²) in [7, 11) is 0. The third-order valence-electron chi connectivity index (χ3n) is 3.26. The summed E-state index contributed by atoms with van der Waals surface area (Å²) in [5, 5.41) is 12.2. The maximum absolute atomic E-state index is 11.0. The molecule has 3 nitrogen and oxygen atoms in total. The Labute approximate surface area is 109 Å². The van der Waals surface area contributed by atoms with Crippen LogP contribution < -0.4 is 5.32 Å². The SMILES string of the molecule is CCC(NC(C)c1ccc(C(C)C)cc1)C(=O)O. The number of benzene rings is 1. The van der Waals surface area contributed by atoms with Gasteiger partial charge >= 0.3 is 5.97 Å². The summed E-state index contributed by atoms with van der Waals surface area (Å²) in [5.41, 5.74) is 2.43. The lowest BCUT2D eigenvalue weighted by atomic mass is 9.99. The zero-order chi connectivity index (χ0) is 13.7. The van der Waals surface area contributed by atoms with E-state index in [0.717, 1.165) is 5.56 Å². The van der Waals surface area contributed by atoms with Gasteiger partial charge in [-0.25, -0.2) is 0 Å². The van der Waals surface area contributed by atoms with Crippen molar-refractivity contribution in [3.05, 3.63) is 35.4 Å². The van der Waals surface area contributed by atoms with Gasteiger partial charge in [-0.15, -0.1) is 0 Å². The van der Waals surface area contributed by atoms with Crippen LogP contribution >= 0.6 is 0 Å². The number of aliphatic carboxylic acids is 1. The number of rotatable bonds is 6. The number of carbonyl (C=O) groups is 1. The van der Waals surface area contributed by atoms with E-state index < -0.39 is 12.0 Å². The van der Waals surface area contributed by atoms with Crippen molar-refractivity contribution in [2.24, 2.45) is 0 Å². The zero-order valence-corrected chi connectivity index (χ0v) is 11.6. The van der Waals surface area contributed by atoms with Gasteiger partial charge in [0.15, 0.2) is 0 Å². The molecule has 2 N–H and O–H groups in total. The van der Waals surface area contributed by atoms with E-state index in [1.807, 2.05) is 13.8 Å². The van der Waals surface area contributed by atoms with Gasteiger partial charge < -0.3 is 5.11 Å². The fraction of sp³-hybridized carbons (Fsp3) is 0.533. The summed E-state index contributed by atoms with van der Waals surface area (Å²) in [6.07, 6.45) is 0.587. The average Bonchev–Trinajstić information content (AvgIpc) is 2.35. The van der Waals surface area contributed by atoms with Crippen LogP contribution in [0.3, 0.4) is 0 Å². The molecule has 1 aromatic rings. The van der Waals surface area contributed by atoms with E-state index in [1.54, 1.807) is 0 Å². The number of hydrogen-bond acceptors (Lipinski definition) is 2. The molecule has 0 aromatic heterocycles. The van der Waals surface area contributed by atoms with Crippen molar-refractivity contribution >= 4 is 5.97 Å². The Hall–Kier alpha value is -1.35. The first-order valence-corrected chi connectivity index (χ1v) is 6.54. The molecule has 0 saturated heterocycles. The zero-order valence-electron chi connectivity index (χ0n) is 11.6. The van der Waals surface area contributed by atoms with Gasteiger partial charge in [-0.05, 0) is 30.4 Å². The minimum absolute atomic E-state index is 0.0484. The van der Waals surface area contributed by atoms with Crippen LogP contribution in [0.1, 0.15) is 57.2 Å². The standard InChI is InChI=1S/C15H23NO2/c1-5-14(15(17)18)16-11(4)13-8-6-12(7-9-13)10(2)3/h6-11,14,16H,5H2,1-4H3,(H,17,18). The summed E-state index contributed by atoms with van der Waals surface area (Å²) in [6, 6.07) is 7.93. The minimum atomic E-state index is -0.789. The third-order valence-corrected chi connectivity index (χ3v) is 3.26. The first-order chi connectivity index (χ1) is 8.45. The van der Waals surface area contributed by atoms with Crippen LogP contribution in [0, 0.1) is 0 Å². The monoisotopic (exact) mass is 249 g/mol. The highest BCUT2D eigenvalue weighted by Crippen LogP contribution is 2.19. The molecule has 0 spiro atoms. The molecule has 1 rings (SSSR count). The molecule has 0 aliphatic heterocycles. The molecule has 18 heavy (non-hydrogen) atoms. The fourth-order valence-electron chi connectivity index (χ4n) is 1.93. The van der Waals surface area contributed by atoms with Crippen molar-refractivity contribution in [1.29, 1.82) is 0 Å². The van der Waals surface area contributed by atoms with E-state index >= 15 is 0 Å². The molecule has 0 aliphatic carbocycles. The molecule has 3 heteroatoms. The summed E-state index contributed by atoms with van der Waals surface area (Å²) in [5.74, 6) is -0.270. The summed E-state index contributed by atoms with van der Waals surface area (Å²) < 4.78 is 0. The van der Waals surface area contributed by atoms with E-state index in [9.17, 15) is 4.79 Å². The van der Waals surface area contributed by atoms with Crippen LogP contribution in [0.15, 0.2) is 24.3 Å². The van der Waals surface area contributed by atoms with Gasteiger partial charge in [-0.2, -0.15) is 0 Å². The Bertz CT molecular complexity index is 384. The Kier molecular flexibility index (Phi) is 5.35. The maximum atomic E-state index is 11.0. The van der Waals surface area contributed by atoms with Crippen LogP contribution in [0.4, 0.5) is 0 Å². The molecule has 0 saturated carbocycles. The lowest BCUT2D eigenvalue weighted by Gasteiger charge is -2.20. The first-order valence-electron chi connectivity index (χ1n) is 6.54. The highest BCUT2D eigenvalue weighted by Gasteiger charge is 2.17.